The maximum atomic E-state index is 10.9. The Morgan fingerprint density at radius 3 is 2.57 bits per heavy atom. The van der Waals surface area contributed by atoms with Crippen LogP contribution in [0.1, 0.15) is 21.7 Å². The summed E-state index contributed by atoms with van der Waals surface area (Å²) in [6.07, 6.45) is 4.93. The van der Waals surface area contributed by atoms with Crippen molar-refractivity contribution in [3.05, 3.63) is 71.8 Å². The maximum absolute atomic E-state index is 10.9. The Morgan fingerprint density at radius 1 is 0.952 bits per heavy atom. The van der Waals surface area contributed by atoms with E-state index in [-0.39, 0.29) is 5.69 Å². The van der Waals surface area contributed by atoms with Gasteiger partial charge in [-0.25, -0.2) is 14.8 Å². The minimum Gasteiger partial charge on any atom is -0.477 e. The van der Waals surface area contributed by atoms with Gasteiger partial charge in [0.1, 0.15) is 6.33 Å². The van der Waals surface area contributed by atoms with Crippen LogP contribution >= 0.6 is 0 Å². The molecule has 21 heavy (non-hydrogen) atoms. The molecule has 0 amide bonds. The zero-order valence-electron chi connectivity index (χ0n) is 11.1. The number of aromatic carboxylic acids is 1. The minimum absolute atomic E-state index is 0.0110. The first-order valence-electron chi connectivity index (χ1n) is 6.44. The Kier molecular flexibility index (Phi) is 3.43. The van der Waals surface area contributed by atoms with Crippen LogP contribution < -0.4 is 0 Å². The lowest BCUT2D eigenvalue weighted by Crippen LogP contribution is -2.00. The summed E-state index contributed by atoms with van der Waals surface area (Å²) in [4.78, 5) is 18.6. The van der Waals surface area contributed by atoms with Crippen molar-refractivity contribution in [3.63, 3.8) is 0 Å². The number of benzene rings is 2. The van der Waals surface area contributed by atoms with Gasteiger partial charge in [0.15, 0.2) is 5.69 Å². The molecule has 1 heterocycles. The molecule has 3 rings (SSSR count). The van der Waals surface area contributed by atoms with Crippen molar-refractivity contribution < 1.29 is 9.90 Å². The number of hydrogen-bond donors (Lipinski definition) is 1. The number of aromatic nitrogens is 2. The van der Waals surface area contributed by atoms with E-state index in [4.69, 9.17) is 5.11 Å². The Balaban J connectivity index is 1.90. The Bertz CT molecular complexity index is 841. The van der Waals surface area contributed by atoms with E-state index in [0.717, 1.165) is 10.9 Å². The van der Waals surface area contributed by atoms with E-state index in [1.165, 1.54) is 17.8 Å². The van der Waals surface area contributed by atoms with Gasteiger partial charge in [0.2, 0.25) is 0 Å². The number of hydrogen-bond acceptors (Lipinski definition) is 3. The smallest absolute Gasteiger partial charge is 0.354 e. The average Bonchev–Trinajstić information content (AvgIpc) is 2.53. The third-order valence-electron chi connectivity index (χ3n) is 3.13. The van der Waals surface area contributed by atoms with E-state index < -0.39 is 5.97 Å². The van der Waals surface area contributed by atoms with Gasteiger partial charge in [-0.3, -0.25) is 0 Å². The van der Waals surface area contributed by atoms with Crippen molar-refractivity contribution in [2.45, 2.75) is 0 Å². The molecule has 0 saturated heterocycles. The predicted molar refractivity (Wildman–Crippen MR) is 81.9 cm³/mol. The first-order chi connectivity index (χ1) is 10.2. The summed E-state index contributed by atoms with van der Waals surface area (Å²) < 4.78 is 0. The molecule has 1 N–H and O–H groups in total. The van der Waals surface area contributed by atoms with Gasteiger partial charge in [0.05, 0.1) is 5.69 Å². The highest BCUT2D eigenvalue weighted by Crippen LogP contribution is 2.17. The number of carboxylic acids is 1. The fourth-order valence-corrected chi connectivity index (χ4v) is 2.07. The lowest BCUT2D eigenvalue weighted by atomic mass is 10.1. The van der Waals surface area contributed by atoms with Gasteiger partial charge >= 0.3 is 5.97 Å². The molecule has 3 aromatic rings. The molecule has 0 saturated carbocycles. The average molecular weight is 276 g/mol. The zero-order chi connectivity index (χ0) is 14.7. The third kappa shape index (κ3) is 2.95. The zero-order valence-corrected chi connectivity index (χ0v) is 11.1. The van der Waals surface area contributed by atoms with Crippen molar-refractivity contribution in [2.24, 2.45) is 0 Å². The fraction of sp³-hybridized carbons (Fsp3) is 0. The Morgan fingerprint density at radius 2 is 1.76 bits per heavy atom. The van der Waals surface area contributed by atoms with Crippen LogP contribution in [0.3, 0.4) is 0 Å². The summed E-state index contributed by atoms with van der Waals surface area (Å²) in [5.41, 5.74) is 1.59. The summed E-state index contributed by atoms with van der Waals surface area (Å²) in [6, 6.07) is 15.7. The molecule has 0 bridgehead atoms. The summed E-state index contributed by atoms with van der Waals surface area (Å²) in [5.74, 6) is -1.06. The third-order valence-corrected chi connectivity index (χ3v) is 3.13. The van der Waals surface area contributed by atoms with Crippen LogP contribution in [-0.2, 0) is 0 Å². The number of nitrogens with zero attached hydrogens (tertiary/aromatic N) is 2. The van der Waals surface area contributed by atoms with Gasteiger partial charge in [-0.1, -0.05) is 42.5 Å². The van der Waals surface area contributed by atoms with Crippen LogP contribution in [0.2, 0.25) is 0 Å². The second kappa shape index (κ2) is 5.54. The molecule has 4 nitrogen and oxygen atoms in total. The molecule has 0 aliphatic rings. The van der Waals surface area contributed by atoms with Gasteiger partial charge in [0, 0.05) is 0 Å². The second-order valence-corrected chi connectivity index (χ2v) is 4.57. The lowest BCUT2D eigenvalue weighted by molar-refractivity contribution is 0.0690. The van der Waals surface area contributed by atoms with E-state index in [0.29, 0.717) is 5.69 Å². The molecule has 0 spiro atoms. The van der Waals surface area contributed by atoms with Gasteiger partial charge in [-0.15, -0.1) is 0 Å². The van der Waals surface area contributed by atoms with Crippen molar-refractivity contribution >= 4 is 28.9 Å². The standard InChI is InChI=1S/C17H12N2O2/c20-17(21)16-10-15(18-11-19-16)8-6-12-5-7-13-3-1-2-4-14(13)9-12/h1-11H,(H,20,21)/b8-6+. The summed E-state index contributed by atoms with van der Waals surface area (Å²) in [6.45, 7) is 0. The quantitative estimate of drug-likeness (QED) is 0.795. The number of carboxylic acid groups (broad SMARTS) is 1. The van der Waals surface area contributed by atoms with E-state index in [1.807, 2.05) is 24.3 Å². The molecule has 102 valence electrons. The van der Waals surface area contributed by atoms with Gasteiger partial charge < -0.3 is 5.11 Å². The highest BCUT2D eigenvalue weighted by atomic mass is 16.4. The van der Waals surface area contributed by atoms with Gasteiger partial charge in [-0.2, -0.15) is 0 Å². The molecule has 0 radical (unpaired) electrons. The van der Waals surface area contributed by atoms with Crippen LogP contribution in [0.15, 0.2) is 54.9 Å². The molecular weight excluding hydrogens is 264 g/mol. The topological polar surface area (TPSA) is 63.1 Å². The normalized spacial score (nSPS) is 11.0. The highest BCUT2D eigenvalue weighted by molar-refractivity contribution is 5.87. The summed E-state index contributed by atoms with van der Waals surface area (Å²) >= 11 is 0. The minimum atomic E-state index is -1.06. The second-order valence-electron chi connectivity index (χ2n) is 4.57. The first-order valence-corrected chi connectivity index (χ1v) is 6.44. The van der Waals surface area contributed by atoms with Crippen LogP contribution in [-0.4, -0.2) is 21.0 Å². The highest BCUT2D eigenvalue weighted by Gasteiger charge is 2.04. The Hall–Kier alpha value is -3.01. The van der Waals surface area contributed by atoms with Crippen molar-refractivity contribution in [1.82, 2.24) is 9.97 Å². The SMILES string of the molecule is O=C(O)c1cc(/C=C/c2ccc3ccccc3c2)ncn1. The molecule has 0 atom stereocenters. The first kappa shape index (κ1) is 13.0. The van der Waals surface area contributed by atoms with Gasteiger partial charge in [0.25, 0.3) is 0 Å². The summed E-state index contributed by atoms with van der Waals surface area (Å²) in [5, 5.41) is 11.2. The molecule has 1 aromatic heterocycles. The van der Waals surface area contributed by atoms with E-state index in [2.05, 4.69) is 34.2 Å². The predicted octanol–water partition coefficient (Wildman–Crippen LogP) is 3.50. The van der Waals surface area contributed by atoms with Crippen molar-refractivity contribution in [2.75, 3.05) is 0 Å². The van der Waals surface area contributed by atoms with Crippen LogP contribution in [0.4, 0.5) is 0 Å². The monoisotopic (exact) mass is 276 g/mol. The van der Waals surface area contributed by atoms with E-state index in [9.17, 15) is 4.79 Å². The molecule has 2 aromatic carbocycles. The largest absolute Gasteiger partial charge is 0.477 e. The molecule has 0 fully saturated rings. The van der Waals surface area contributed by atoms with Crippen LogP contribution in [0.5, 0.6) is 0 Å². The Labute approximate surface area is 121 Å². The molecule has 0 unspecified atom stereocenters. The fourth-order valence-electron chi connectivity index (χ4n) is 2.07. The lowest BCUT2D eigenvalue weighted by Gasteiger charge is -1.99. The molecule has 4 heteroatoms. The van der Waals surface area contributed by atoms with Crippen LogP contribution in [0.25, 0.3) is 22.9 Å². The van der Waals surface area contributed by atoms with E-state index >= 15 is 0 Å². The summed E-state index contributed by atoms with van der Waals surface area (Å²) in [7, 11) is 0. The molecule has 0 aliphatic heterocycles. The number of rotatable bonds is 3. The van der Waals surface area contributed by atoms with Crippen molar-refractivity contribution in [1.29, 1.82) is 0 Å². The number of fused-ring (bicyclic) bond motifs is 1. The van der Waals surface area contributed by atoms with E-state index in [1.54, 1.807) is 6.08 Å². The van der Waals surface area contributed by atoms with Crippen LogP contribution in [0, 0.1) is 0 Å². The van der Waals surface area contributed by atoms with Crippen molar-refractivity contribution in [3.8, 4) is 0 Å². The number of carbonyl (C=O) groups is 1. The molecular formula is C17H12N2O2. The maximum Gasteiger partial charge on any atom is 0.354 e. The van der Waals surface area contributed by atoms with Gasteiger partial charge in [-0.05, 0) is 34.5 Å². The molecule has 0 aliphatic carbocycles.